The Morgan fingerprint density at radius 3 is 2.28 bits per heavy atom. The molecule has 1 aliphatic carbocycles. The molecule has 0 aromatic carbocycles. The number of rotatable bonds is 3. The molecular weight excluding hydrogens is 236 g/mol. The minimum absolute atomic E-state index is 0.0415. The Kier molecular flexibility index (Phi) is 2.71. The van der Waals surface area contributed by atoms with E-state index in [4.69, 9.17) is 16.7 Å². The summed E-state index contributed by atoms with van der Waals surface area (Å²) in [5.41, 5.74) is 9.39. The average Bonchev–Trinajstić information content (AvgIpc) is 3.05. The molecule has 0 radical (unpaired) electrons. The number of hydrogen-bond acceptors (Lipinski definition) is 4. The number of hydrogen-bond donors (Lipinski definition) is 3. The normalized spacial score (nSPS) is 30.3. The van der Waals surface area contributed by atoms with Crippen molar-refractivity contribution < 1.29 is 14.8 Å². The molecule has 0 aromatic rings. The van der Waals surface area contributed by atoms with E-state index >= 15 is 0 Å². The van der Waals surface area contributed by atoms with Crippen LogP contribution in [0, 0.1) is 10.8 Å². The minimum atomic E-state index is -0.850. The van der Waals surface area contributed by atoms with Crippen LogP contribution in [0.4, 0.5) is 0 Å². The number of primary amides is 1. The highest BCUT2D eigenvalue weighted by atomic mass is 16.4. The van der Waals surface area contributed by atoms with Crippen LogP contribution in [0.2, 0.25) is 0 Å². The van der Waals surface area contributed by atoms with Gasteiger partial charge >= 0.3 is 0 Å². The van der Waals surface area contributed by atoms with Crippen LogP contribution < -0.4 is 11.5 Å². The quantitative estimate of drug-likeness (QED) is 0.265. The smallest absolute Gasteiger partial charge is 0.236 e. The summed E-state index contributed by atoms with van der Waals surface area (Å²) in [5, 5.41) is 11.7. The van der Waals surface area contributed by atoms with Crippen LogP contribution in [-0.2, 0) is 9.59 Å². The van der Waals surface area contributed by atoms with Gasteiger partial charge in [-0.05, 0) is 26.2 Å². The van der Waals surface area contributed by atoms with Crippen molar-refractivity contribution >= 4 is 17.6 Å². The Morgan fingerprint density at radius 2 is 1.89 bits per heavy atom. The number of carbonyl (C=O) groups excluding carboxylic acids is 2. The van der Waals surface area contributed by atoms with E-state index in [0.29, 0.717) is 32.4 Å². The van der Waals surface area contributed by atoms with Gasteiger partial charge in [-0.25, -0.2) is 0 Å². The lowest BCUT2D eigenvalue weighted by molar-refractivity contribution is -0.134. The second-order valence-electron chi connectivity index (χ2n) is 5.47. The molecule has 100 valence electrons. The van der Waals surface area contributed by atoms with Crippen molar-refractivity contribution in [2.75, 3.05) is 13.1 Å². The second-order valence-corrected chi connectivity index (χ2v) is 5.47. The van der Waals surface area contributed by atoms with Gasteiger partial charge in [0.2, 0.25) is 11.8 Å². The molecule has 1 unspecified atom stereocenters. The summed E-state index contributed by atoms with van der Waals surface area (Å²) in [6, 6.07) is 0. The molecule has 0 spiro atoms. The van der Waals surface area contributed by atoms with Gasteiger partial charge in [0.05, 0.1) is 5.41 Å². The maximum Gasteiger partial charge on any atom is 0.236 e. The highest BCUT2D eigenvalue weighted by Crippen LogP contribution is 2.48. The fourth-order valence-electron chi connectivity index (χ4n) is 2.44. The first-order valence-electron chi connectivity index (χ1n) is 5.93. The maximum atomic E-state index is 12.3. The zero-order chi connectivity index (χ0) is 13.6. The molecule has 1 atom stereocenters. The van der Waals surface area contributed by atoms with E-state index in [-0.39, 0.29) is 11.7 Å². The molecule has 1 heterocycles. The summed E-state index contributed by atoms with van der Waals surface area (Å²) in [6.45, 7) is 2.55. The van der Waals surface area contributed by atoms with E-state index in [1.165, 1.54) is 0 Å². The molecule has 1 saturated heterocycles. The molecule has 0 bridgehead atoms. The van der Waals surface area contributed by atoms with Crippen LogP contribution in [0.15, 0.2) is 5.16 Å². The largest absolute Gasteiger partial charge is 0.409 e. The number of carbonyl (C=O) groups is 2. The molecule has 18 heavy (non-hydrogen) atoms. The van der Waals surface area contributed by atoms with Crippen molar-refractivity contribution in [1.82, 2.24) is 4.90 Å². The molecule has 5 N–H and O–H groups in total. The fourth-order valence-corrected chi connectivity index (χ4v) is 2.44. The van der Waals surface area contributed by atoms with Crippen LogP contribution in [0.1, 0.15) is 26.2 Å². The van der Waals surface area contributed by atoms with Crippen molar-refractivity contribution in [3.63, 3.8) is 0 Å². The molecule has 1 saturated carbocycles. The summed E-state index contributed by atoms with van der Waals surface area (Å²) < 4.78 is 0. The van der Waals surface area contributed by atoms with Gasteiger partial charge in [-0.1, -0.05) is 5.16 Å². The third-order valence-electron chi connectivity index (χ3n) is 4.11. The Bertz CT molecular complexity index is 430. The van der Waals surface area contributed by atoms with E-state index in [2.05, 4.69) is 5.16 Å². The molecule has 7 nitrogen and oxygen atoms in total. The standard InChI is InChI=1S/C11H18N4O3/c1-10(8(13)16)4-5-15(6-10)9(17)11(2-3-11)7(12)14-18/h18H,2-6H2,1H3,(H2,12,14)(H2,13,16). The summed E-state index contributed by atoms with van der Waals surface area (Å²) >= 11 is 0. The monoisotopic (exact) mass is 254 g/mol. The van der Waals surface area contributed by atoms with E-state index in [1.54, 1.807) is 11.8 Å². The lowest BCUT2D eigenvalue weighted by atomic mass is 9.89. The molecule has 0 aromatic heterocycles. The van der Waals surface area contributed by atoms with Crippen molar-refractivity contribution in [1.29, 1.82) is 0 Å². The Labute approximate surface area is 105 Å². The predicted molar refractivity (Wildman–Crippen MR) is 63.6 cm³/mol. The van der Waals surface area contributed by atoms with E-state index in [1.807, 2.05) is 0 Å². The number of amidine groups is 1. The van der Waals surface area contributed by atoms with Crippen LogP contribution in [0.3, 0.4) is 0 Å². The number of amides is 2. The van der Waals surface area contributed by atoms with Gasteiger partial charge in [-0.3, -0.25) is 9.59 Å². The Balaban J connectivity index is 2.12. The summed E-state index contributed by atoms with van der Waals surface area (Å²) in [4.78, 5) is 25.3. The van der Waals surface area contributed by atoms with E-state index in [0.717, 1.165) is 0 Å². The number of likely N-dealkylation sites (tertiary alicyclic amines) is 1. The molecule has 2 fully saturated rings. The van der Waals surface area contributed by atoms with Crippen molar-refractivity contribution in [2.24, 2.45) is 27.5 Å². The van der Waals surface area contributed by atoms with Gasteiger partial charge in [0.25, 0.3) is 0 Å². The first-order chi connectivity index (χ1) is 8.35. The topological polar surface area (TPSA) is 122 Å². The van der Waals surface area contributed by atoms with Gasteiger partial charge in [-0.15, -0.1) is 0 Å². The molecule has 1 aliphatic heterocycles. The van der Waals surface area contributed by atoms with Crippen molar-refractivity contribution in [2.45, 2.75) is 26.2 Å². The van der Waals surface area contributed by atoms with Crippen LogP contribution >= 0.6 is 0 Å². The zero-order valence-electron chi connectivity index (χ0n) is 10.3. The lowest BCUT2D eigenvalue weighted by Gasteiger charge is -2.24. The van der Waals surface area contributed by atoms with Gasteiger partial charge in [-0.2, -0.15) is 0 Å². The summed E-state index contributed by atoms with van der Waals surface area (Å²) in [7, 11) is 0. The van der Waals surface area contributed by atoms with Crippen molar-refractivity contribution in [3.05, 3.63) is 0 Å². The highest BCUT2D eigenvalue weighted by molar-refractivity contribution is 6.09. The zero-order valence-corrected chi connectivity index (χ0v) is 10.3. The molecule has 2 rings (SSSR count). The van der Waals surface area contributed by atoms with Crippen molar-refractivity contribution in [3.8, 4) is 0 Å². The maximum absolute atomic E-state index is 12.3. The number of nitrogens with two attached hydrogens (primary N) is 2. The Morgan fingerprint density at radius 1 is 1.28 bits per heavy atom. The minimum Gasteiger partial charge on any atom is -0.409 e. The lowest BCUT2D eigenvalue weighted by Crippen LogP contribution is -2.44. The first kappa shape index (κ1) is 12.7. The third-order valence-corrected chi connectivity index (χ3v) is 4.11. The highest BCUT2D eigenvalue weighted by Gasteiger charge is 2.57. The summed E-state index contributed by atoms with van der Waals surface area (Å²) in [5.74, 6) is -0.602. The second kappa shape index (κ2) is 3.86. The number of nitrogens with zero attached hydrogens (tertiary/aromatic N) is 2. The fraction of sp³-hybridized carbons (Fsp3) is 0.727. The predicted octanol–water partition coefficient (Wildman–Crippen LogP) is -0.763. The first-order valence-corrected chi connectivity index (χ1v) is 5.93. The van der Waals surface area contributed by atoms with Gasteiger partial charge in [0.1, 0.15) is 5.41 Å². The average molecular weight is 254 g/mol. The molecule has 2 aliphatic rings. The van der Waals surface area contributed by atoms with Gasteiger partial charge in [0.15, 0.2) is 5.84 Å². The third kappa shape index (κ3) is 1.70. The number of oxime groups is 1. The van der Waals surface area contributed by atoms with Gasteiger partial charge < -0.3 is 21.6 Å². The van der Waals surface area contributed by atoms with Crippen LogP contribution in [-0.4, -0.2) is 40.8 Å². The molecule has 7 heteroatoms. The summed E-state index contributed by atoms with van der Waals surface area (Å²) in [6.07, 6.45) is 1.73. The molecular formula is C11H18N4O3. The Hall–Kier alpha value is -1.79. The van der Waals surface area contributed by atoms with E-state index < -0.39 is 16.7 Å². The van der Waals surface area contributed by atoms with Crippen LogP contribution in [0.5, 0.6) is 0 Å². The van der Waals surface area contributed by atoms with Gasteiger partial charge in [0, 0.05) is 13.1 Å². The SMILES string of the molecule is CC1(C(N)=O)CCN(C(=O)C2(C(N)=NO)CC2)C1. The van der Waals surface area contributed by atoms with Crippen LogP contribution in [0.25, 0.3) is 0 Å². The molecule has 2 amide bonds. The van der Waals surface area contributed by atoms with E-state index in [9.17, 15) is 9.59 Å².